The number of urea groups is 1. The number of hydrogen-bond donors (Lipinski definition) is 2. The van der Waals surface area contributed by atoms with Crippen molar-refractivity contribution >= 4 is 23.5 Å². The van der Waals surface area contributed by atoms with Gasteiger partial charge < -0.3 is 19.6 Å². The standard InChI is InChI=1S/C17H17ClN2O5/c1-17(14-3-2-8-24-14)15(22)20(16(23)19-17)9-12(21)10-25-13-6-4-11(18)5-7-13/h2-8,12,21H,9-10H2,1H3,(H,19,23). The summed E-state index contributed by atoms with van der Waals surface area (Å²) in [5.41, 5.74) is -1.28. The molecule has 25 heavy (non-hydrogen) atoms. The molecule has 1 aromatic heterocycles. The highest BCUT2D eigenvalue weighted by molar-refractivity contribution is 6.30. The van der Waals surface area contributed by atoms with Crippen molar-refractivity contribution in [2.45, 2.75) is 18.6 Å². The molecule has 2 unspecified atom stereocenters. The summed E-state index contributed by atoms with van der Waals surface area (Å²) < 4.78 is 10.7. The Balaban J connectivity index is 1.61. The Morgan fingerprint density at radius 3 is 2.68 bits per heavy atom. The number of aliphatic hydroxyl groups is 1. The third-order valence-corrected chi connectivity index (χ3v) is 4.19. The number of furan rings is 1. The Hall–Kier alpha value is -2.51. The summed E-state index contributed by atoms with van der Waals surface area (Å²) in [7, 11) is 0. The molecule has 2 heterocycles. The Bertz CT molecular complexity index is 762. The number of carbonyl (C=O) groups is 2. The maximum Gasteiger partial charge on any atom is 0.325 e. The molecule has 2 aromatic rings. The first-order valence-electron chi connectivity index (χ1n) is 7.64. The Morgan fingerprint density at radius 1 is 1.32 bits per heavy atom. The van der Waals surface area contributed by atoms with Gasteiger partial charge >= 0.3 is 6.03 Å². The number of benzene rings is 1. The number of amides is 3. The first-order valence-corrected chi connectivity index (χ1v) is 8.02. The lowest BCUT2D eigenvalue weighted by Crippen LogP contribution is -2.42. The molecular weight excluding hydrogens is 348 g/mol. The van der Waals surface area contributed by atoms with Crippen molar-refractivity contribution in [1.82, 2.24) is 10.2 Å². The summed E-state index contributed by atoms with van der Waals surface area (Å²) in [5.74, 6) is 0.374. The fourth-order valence-corrected chi connectivity index (χ4v) is 2.71. The molecule has 1 fully saturated rings. The smallest absolute Gasteiger partial charge is 0.325 e. The lowest BCUT2D eigenvalue weighted by atomic mass is 9.99. The highest BCUT2D eigenvalue weighted by Gasteiger charge is 2.51. The van der Waals surface area contributed by atoms with Crippen molar-refractivity contribution in [3.8, 4) is 5.75 Å². The largest absolute Gasteiger partial charge is 0.491 e. The molecule has 3 amide bonds. The summed E-state index contributed by atoms with van der Waals surface area (Å²) in [6.45, 7) is 1.30. The lowest BCUT2D eigenvalue weighted by molar-refractivity contribution is -0.132. The molecule has 3 rings (SSSR count). The first kappa shape index (κ1) is 17.3. The van der Waals surface area contributed by atoms with Gasteiger partial charge in [0.25, 0.3) is 5.91 Å². The number of hydrogen-bond acceptors (Lipinski definition) is 5. The topological polar surface area (TPSA) is 92.0 Å². The second-order valence-electron chi connectivity index (χ2n) is 5.87. The van der Waals surface area contributed by atoms with Gasteiger partial charge in [0.2, 0.25) is 0 Å². The third-order valence-electron chi connectivity index (χ3n) is 3.94. The van der Waals surface area contributed by atoms with Crippen LogP contribution in [0.1, 0.15) is 12.7 Å². The monoisotopic (exact) mass is 364 g/mol. The molecule has 0 bridgehead atoms. The van der Waals surface area contributed by atoms with E-state index >= 15 is 0 Å². The third kappa shape index (κ3) is 3.47. The van der Waals surface area contributed by atoms with Crippen molar-refractivity contribution in [2.75, 3.05) is 13.2 Å². The van der Waals surface area contributed by atoms with Crippen molar-refractivity contribution in [1.29, 1.82) is 0 Å². The van der Waals surface area contributed by atoms with E-state index in [4.69, 9.17) is 20.8 Å². The molecular formula is C17H17ClN2O5. The van der Waals surface area contributed by atoms with Crippen LogP contribution in [0.3, 0.4) is 0 Å². The number of aliphatic hydroxyl groups excluding tert-OH is 1. The predicted octanol–water partition coefficient (Wildman–Crippen LogP) is 2.14. The van der Waals surface area contributed by atoms with E-state index in [0.29, 0.717) is 16.5 Å². The van der Waals surface area contributed by atoms with E-state index in [1.165, 1.54) is 6.26 Å². The van der Waals surface area contributed by atoms with Gasteiger partial charge in [-0.25, -0.2) is 4.79 Å². The molecule has 0 spiro atoms. The van der Waals surface area contributed by atoms with Gasteiger partial charge in [0.1, 0.15) is 24.2 Å². The van der Waals surface area contributed by atoms with Crippen molar-refractivity contribution in [3.05, 3.63) is 53.4 Å². The van der Waals surface area contributed by atoms with Gasteiger partial charge in [0.05, 0.1) is 12.8 Å². The fraction of sp³-hybridized carbons (Fsp3) is 0.294. The summed E-state index contributed by atoms with van der Waals surface area (Å²) in [5, 5.41) is 13.3. The highest BCUT2D eigenvalue weighted by atomic mass is 35.5. The quantitative estimate of drug-likeness (QED) is 0.766. The second kappa shape index (κ2) is 6.78. The van der Waals surface area contributed by atoms with Gasteiger partial charge in [-0.1, -0.05) is 11.6 Å². The molecule has 7 nitrogen and oxygen atoms in total. The average molecular weight is 365 g/mol. The van der Waals surface area contributed by atoms with E-state index in [2.05, 4.69) is 5.32 Å². The normalized spacial score (nSPS) is 21.3. The van der Waals surface area contributed by atoms with Crippen LogP contribution < -0.4 is 10.1 Å². The van der Waals surface area contributed by atoms with Gasteiger partial charge in [-0.2, -0.15) is 0 Å². The van der Waals surface area contributed by atoms with Gasteiger partial charge in [0, 0.05) is 5.02 Å². The molecule has 2 N–H and O–H groups in total. The molecule has 1 aliphatic rings. The van der Waals surface area contributed by atoms with Crippen LogP contribution in [0.15, 0.2) is 47.1 Å². The minimum absolute atomic E-state index is 0.0733. The number of rotatable bonds is 6. The van der Waals surface area contributed by atoms with Crippen LogP contribution in [-0.2, 0) is 10.3 Å². The summed E-state index contributed by atoms with van der Waals surface area (Å²) in [6.07, 6.45) is 0.390. The van der Waals surface area contributed by atoms with E-state index in [1.54, 1.807) is 43.3 Å². The number of nitrogens with one attached hydrogen (secondary N) is 1. The van der Waals surface area contributed by atoms with E-state index < -0.39 is 23.6 Å². The van der Waals surface area contributed by atoms with Gasteiger partial charge in [-0.3, -0.25) is 9.69 Å². The predicted molar refractivity (Wildman–Crippen MR) is 89.3 cm³/mol. The SMILES string of the molecule is CC1(c2ccco2)NC(=O)N(CC(O)COc2ccc(Cl)cc2)C1=O. The minimum Gasteiger partial charge on any atom is -0.491 e. The fourth-order valence-electron chi connectivity index (χ4n) is 2.58. The number of ether oxygens (including phenoxy) is 1. The number of β-amino-alcohol motifs (C(OH)–C–C–N with tert-alkyl or cyclic N) is 1. The van der Waals surface area contributed by atoms with Crippen LogP contribution in [0.2, 0.25) is 5.02 Å². The number of carbonyl (C=O) groups excluding carboxylic acids is 2. The van der Waals surface area contributed by atoms with Gasteiger partial charge in [-0.15, -0.1) is 0 Å². The van der Waals surface area contributed by atoms with Crippen LogP contribution in [0.5, 0.6) is 5.75 Å². The number of nitrogens with zero attached hydrogens (tertiary/aromatic N) is 1. The second-order valence-corrected chi connectivity index (χ2v) is 6.30. The maximum atomic E-state index is 12.6. The number of halogens is 1. The van der Waals surface area contributed by atoms with Crippen LogP contribution in [0.25, 0.3) is 0 Å². The molecule has 132 valence electrons. The molecule has 8 heteroatoms. The molecule has 1 saturated heterocycles. The first-order chi connectivity index (χ1) is 11.9. The average Bonchev–Trinajstić information content (AvgIpc) is 3.19. The van der Waals surface area contributed by atoms with Crippen molar-refractivity contribution in [3.63, 3.8) is 0 Å². The zero-order chi connectivity index (χ0) is 18.0. The van der Waals surface area contributed by atoms with E-state index in [9.17, 15) is 14.7 Å². The van der Waals surface area contributed by atoms with E-state index in [0.717, 1.165) is 4.90 Å². The molecule has 0 radical (unpaired) electrons. The summed E-state index contributed by atoms with van der Waals surface area (Å²) in [4.78, 5) is 25.7. The van der Waals surface area contributed by atoms with Crippen LogP contribution in [0.4, 0.5) is 4.79 Å². The van der Waals surface area contributed by atoms with Crippen LogP contribution in [0, 0.1) is 0 Å². The van der Waals surface area contributed by atoms with Crippen molar-refractivity contribution in [2.24, 2.45) is 0 Å². The highest BCUT2D eigenvalue weighted by Crippen LogP contribution is 2.29. The van der Waals surface area contributed by atoms with Crippen molar-refractivity contribution < 1.29 is 23.8 Å². The maximum absolute atomic E-state index is 12.6. The van der Waals surface area contributed by atoms with Crippen LogP contribution >= 0.6 is 11.6 Å². The lowest BCUT2D eigenvalue weighted by Gasteiger charge is -2.20. The zero-order valence-corrected chi connectivity index (χ0v) is 14.2. The molecule has 0 saturated carbocycles. The Kier molecular flexibility index (Phi) is 4.69. The van der Waals surface area contributed by atoms with Crippen LogP contribution in [-0.4, -0.2) is 41.2 Å². The molecule has 2 atom stereocenters. The molecule has 0 aliphatic carbocycles. The summed E-state index contributed by atoms with van der Waals surface area (Å²) >= 11 is 5.79. The Labute approximate surface area is 149 Å². The zero-order valence-electron chi connectivity index (χ0n) is 13.4. The Morgan fingerprint density at radius 2 is 2.04 bits per heavy atom. The minimum atomic E-state index is -1.28. The molecule has 1 aromatic carbocycles. The summed E-state index contributed by atoms with van der Waals surface area (Å²) in [6, 6.07) is 9.31. The van der Waals surface area contributed by atoms with Gasteiger partial charge in [0.15, 0.2) is 5.54 Å². The molecule has 1 aliphatic heterocycles. The van der Waals surface area contributed by atoms with E-state index in [-0.39, 0.29) is 13.2 Å². The van der Waals surface area contributed by atoms with E-state index in [1.807, 2.05) is 0 Å². The van der Waals surface area contributed by atoms with Gasteiger partial charge in [-0.05, 0) is 43.3 Å². The number of imide groups is 1.